The van der Waals surface area contributed by atoms with Crippen molar-refractivity contribution >= 4 is 5.69 Å². The average molecular weight is 339 g/mol. The summed E-state index contributed by atoms with van der Waals surface area (Å²) >= 11 is 0. The second kappa shape index (κ2) is 7.54. The maximum atomic E-state index is 13.6. The van der Waals surface area contributed by atoms with Crippen molar-refractivity contribution in [3.05, 3.63) is 66.0 Å². The lowest BCUT2D eigenvalue weighted by atomic mass is 9.88. The summed E-state index contributed by atoms with van der Waals surface area (Å²) in [5, 5.41) is 3.51. The lowest BCUT2D eigenvalue weighted by Crippen LogP contribution is -2.48. The number of rotatable bonds is 4. The van der Waals surface area contributed by atoms with Crippen LogP contribution in [0, 0.1) is 11.7 Å². The smallest absolute Gasteiger partial charge is 0.123 e. The van der Waals surface area contributed by atoms with Crippen LogP contribution in [0.15, 0.2) is 54.6 Å². The van der Waals surface area contributed by atoms with Crippen LogP contribution in [0.25, 0.3) is 0 Å². The summed E-state index contributed by atoms with van der Waals surface area (Å²) in [6, 6.07) is 17.8. The normalized spacial score (nSPS) is 24.6. The minimum absolute atomic E-state index is 0.125. The lowest BCUT2D eigenvalue weighted by molar-refractivity contribution is 0.217. The van der Waals surface area contributed by atoms with Crippen LogP contribution in [0.1, 0.15) is 11.5 Å². The van der Waals surface area contributed by atoms with E-state index in [1.54, 1.807) is 6.07 Å². The number of hydrogen-bond acceptors (Lipinski definition) is 3. The number of anilines is 1. The number of benzene rings is 2. The Labute approximate surface area is 149 Å². The number of halogens is 1. The van der Waals surface area contributed by atoms with Crippen molar-refractivity contribution in [1.29, 1.82) is 0 Å². The zero-order chi connectivity index (χ0) is 17.1. The molecule has 132 valence electrons. The molecular formula is C21H26FN3. The highest BCUT2D eigenvalue weighted by molar-refractivity contribution is 5.46. The summed E-state index contributed by atoms with van der Waals surface area (Å²) in [7, 11) is 0. The third-order valence-electron chi connectivity index (χ3n) is 5.60. The quantitative estimate of drug-likeness (QED) is 0.924. The second-order valence-corrected chi connectivity index (χ2v) is 7.20. The number of para-hydroxylation sites is 1. The molecule has 2 fully saturated rings. The molecule has 2 unspecified atom stereocenters. The molecule has 1 N–H and O–H groups in total. The van der Waals surface area contributed by atoms with Crippen molar-refractivity contribution in [2.24, 2.45) is 5.92 Å². The van der Waals surface area contributed by atoms with E-state index in [0.717, 1.165) is 51.4 Å². The van der Waals surface area contributed by atoms with Gasteiger partial charge >= 0.3 is 0 Å². The molecule has 2 heterocycles. The monoisotopic (exact) mass is 339 g/mol. The molecule has 4 heteroatoms. The molecule has 2 atom stereocenters. The average Bonchev–Trinajstić information content (AvgIpc) is 3.11. The fourth-order valence-electron chi connectivity index (χ4n) is 4.21. The Bertz CT molecular complexity index is 683. The topological polar surface area (TPSA) is 18.5 Å². The van der Waals surface area contributed by atoms with Gasteiger partial charge in [0.2, 0.25) is 0 Å². The molecular weight excluding hydrogens is 313 g/mol. The maximum Gasteiger partial charge on any atom is 0.123 e. The highest BCUT2D eigenvalue weighted by Crippen LogP contribution is 2.29. The van der Waals surface area contributed by atoms with Crippen molar-refractivity contribution in [2.75, 3.05) is 50.7 Å². The summed E-state index contributed by atoms with van der Waals surface area (Å²) < 4.78 is 13.6. The van der Waals surface area contributed by atoms with Crippen LogP contribution in [-0.4, -0.2) is 50.7 Å². The van der Waals surface area contributed by atoms with Crippen LogP contribution in [0.4, 0.5) is 10.1 Å². The van der Waals surface area contributed by atoms with E-state index in [4.69, 9.17) is 0 Å². The Morgan fingerprint density at radius 3 is 2.48 bits per heavy atom. The highest BCUT2D eigenvalue weighted by Gasteiger charge is 2.31. The summed E-state index contributed by atoms with van der Waals surface area (Å²) in [6.45, 7) is 7.43. The number of piperazine rings is 1. The molecule has 2 aromatic rings. The van der Waals surface area contributed by atoms with E-state index in [2.05, 4.69) is 51.5 Å². The molecule has 2 aliphatic heterocycles. The van der Waals surface area contributed by atoms with Gasteiger partial charge in [0.1, 0.15) is 5.82 Å². The molecule has 0 spiro atoms. The molecule has 4 rings (SSSR count). The maximum absolute atomic E-state index is 13.6. The molecule has 3 nitrogen and oxygen atoms in total. The van der Waals surface area contributed by atoms with E-state index >= 15 is 0 Å². The van der Waals surface area contributed by atoms with E-state index in [1.165, 1.54) is 11.8 Å². The second-order valence-electron chi connectivity index (χ2n) is 7.20. The SMILES string of the molecule is Fc1cccc(C2CNCC2CN2CCN(c3ccccc3)CC2)c1. The van der Waals surface area contributed by atoms with Gasteiger partial charge in [-0.25, -0.2) is 4.39 Å². The van der Waals surface area contributed by atoms with Gasteiger partial charge in [-0.15, -0.1) is 0 Å². The van der Waals surface area contributed by atoms with E-state index < -0.39 is 0 Å². The van der Waals surface area contributed by atoms with Crippen molar-refractivity contribution in [3.8, 4) is 0 Å². The molecule has 2 saturated heterocycles. The fourth-order valence-corrected chi connectivity index (χ4v) is 4.21. The number of nitrogens with zero attached hydrogens (tertiary/aromatic N) is 2. The highest BCUT2D eigenvalue weighted by atomic mass is 19.1. The van der Waals surface area contributed by atoms with Gasteiger partial charge in [0, 0.05) is 50.9 Å². The summed E-state index contributed by atoms with van der Waals surface area (Å²) in [4.78, 5) is 5.04. The molecule has 0 aromatic heterocycles. The Morgan fingerprint density at radius 2 is 1.72 bits per heavy atom. The predicted molar refractivity (Wildman–Crippen MR) is 101 cm³/mol. The standard InChI is InChI=1S/C21H26FN3/c22-19-6-4-5-17(13-19)21-15-23-14-18(21)16-24-9-11-25(12-10-24)20-7-2-1-3-8-20/h1-8,13,18,21,23H,9-12,14-16H2. The van der Waals surface area contributed by atoms with Crippen LogP contribution >= 0.6 is 0 Å². The summed E-state index contributed by atoms with van der Waals surface area (Å²) in [5.74, 6) is 0.854. The van der Waals surface area contributed by atoms with Gasteiger partial charge in [-0.3, -0.25) is 4.90 Å². The van der Waals surface area contributed by atoms with Gasteiger partial charge in [-0.05, 0) is 42.3 Å². The van der Waals surface area contributed by atoms with Crippen LogP contribution in [0.2, 0.25) is 0 Å². The van der Waals surface area contributed by atoms with E-state index in [-0.39, 0.29) is 5.82 Å². The van der Waals surface area contributed by atoms with Gasteiger partial charge in [0.15, 0.2) is 0 Å². The third kappa shape index (κ3) is 3.86. The van der Waals surface area contributed by atoms with Crippen LogP contribution in [0.3, 0.4) is 0 Å². The first-order valence-electron chi connectivity index (χ1n) is 9.28. The predicted octanol–water partition coefficient (Wildman–Crippen LogP) is 2.95. The molecule has 0 amide bonds. The van der Waals surface area contributed by atoms with Crippen molar-refractivity contribution in [3.63, 3.8) is 0 Å². The van der Waals surface area contributed by atoms with Gasteiger partial charge in [0.25, 0.3) is 0 Å². The Kier molecular flexibility index (Phi) is 4.99. The molecule has 2 aromatic carbocycles. The molecule has 25 heavy (non-hydrogen) atoms. The fraction of sp³-hybridized carbons (Fsp3) is 0.429. The summed E-state index contributed by atoms with van der Waals surface area (Å²) in [6.07, 6.45) is 0. The summed E-state index contributed by atoms with van der Waals surface area (Å²) in [5.41, 5.74) is 2.46. The number of hydrogen-bond donors (Lipinski definition) is 1. The Balaban J connectivity index is 1.35. The minimum Gasteiger partial charge on any atom is -0.369 e. The molecule has 0 bridgehead atoms. The van der Waals surface area contributed by atoms with Crippen LogP contribution in [-0.2, 0) is 0 Å². The first kappa shape index (κ1) is 16.6. The van der Waals surface area contributed by atoms with E-state index in [1.807, 2.05) is 6.07 Å². The Hall–Kier alpha value is -1.91. The first-order valence-corrected chi connectivity index (χ1v) is 9.28. The molecule has 0 aliphatic carbocycles. The lowest BCUT2D eigenvalue weighted by Gasteiger charge is -2.38. The van der Waals surface area contributed by atoms with Crippen molar-refractivity contribution < 1.29 is 4.39 Å². The van der Waals surface area contributed by atoms with Crippen LogP contribution in [0.5, 0.6) is 0 Å². The van der Waals surface area contributed by atoms with Gasteiger partial charge < -0.3 is 10.2 Å². The third-order valence-corrected chi connectivity index (χ3v) is 5.60. The van der Waals surface area contributed by atoms with Gasteiger partial charge in [0.05, 0.1) is 0 Å². The van der Waals surface area contributed by atoms with Gasteiger partial charge in [-0.1, -0.05) is 30.3 Å². The molecule has 0 radical (unpaired) electrons. The van der Waals surface area contributed by atoms with E-state index in [0.29, 0.717) is 11.8 Å². The Morgan fingerprint density at radius 1 is 0.920 bits per heavy atom. The van der Waals surface area contributed by atoms with Gasteiger partial charge in [-0.2, -0.15) is 0 Å². The minimum atomic E-state index is -0.125. The van der Waals surface area contributed by atoms with E-state index in [9.17, 15) is 4.39 Å². The van der Waals surface area contributed by atoms with Crippen LogP contribution < -0.4 is 10.2 Å². The van der Waals surface area contributed by atoms with Crippen molar-refractivity contribution in [2.45, 2.75) is 5.92 Å². The molecule has 0 saturated carbocycles. The number of nitrogens with one attached hydrogen (secondary N) is 1. The molecule has 2 aliphatic rings. The zero-order valence-corrected chi connectivity index (χ0v) is 14.6. The zero-order valence-electron chi connectivity index (χ0n) is 14.6. The van der Waals surface area contributed by atoms with Crippen molar-refractivity contribution in [1.82, 2.24) is 10.2 Å². The largest absolute Gasteiger partial charge is 0.369 e. The first-order chi connectivity index (χ1) is 12.3.